The lowest BCUT2D eigenvalue weighted by atomic mass is 10.1. The number of pyridine rings is 1. The predicted octanol–water partition coefficient (Wildman–Crippen LogP) is 4.35. The smallest absolute Gasteiger partial charge is 0.224 e. The first-order chi connectivity index (χ1) is 11.7. The van der Waals surface area contributed by atoms with Gasteiger partial charge in [-0.15, -0.1) is 11.3 Å². The van der Waals surface area contributed by atoms with Crippen LogP contribution in [-0.2, 0) is 4.79 Å². The molecular formula is C18H16N4OS. The van der Waals surface area contributed by atoms with E-state index in [2.05, 4.69) is 33.5 Å². The van der Waals surface area contributed by atoms with Crippen molar-refractivity contribution in [2.24, 2.45) is 0 Å². The number of carbonyl (C=O) groups excluding carboxylic acids is 1. The van der Waals surface area contributed by atoms with E-state index in [0.29, 0.717) is 6.42 Å². The number of thiazole rings is 1. The Labute approximate surface area is 143 Å². The van der Waals surface area contributed by atoms with Crippen LogP contribution in [-0.4, -0.2) is 20.3 Å². The van der Waals surface area contributed by atoms with Crippen molar-refractivity contribution in [2.45, 2.75) is 19.8 Å². The summed E-state index contributed by atoms with van der Waals surface area (Å²) in [6, 6.07) is 8.21. The van der Waals surface area contributed by atoms with Crippen LogP contribution in [0.4, 0.5) is 5.69 Å². The van der Waals surface area contributed by atoms with Crippen LogP contribution in [0.5, 0.6) is 0 Å². The summed E-state index contributed by atoms with van der Waals surface area (Å²) in [5.41, 5.74) is 6.40. The van der Waals surface area contributed by atoms with Crippen molar-refractivity contribution in [1.29, 1.82) is 0 Å². The third-order valence-corrected chi connectivity index (χ3v) is 4.71. The Morgan fingerprint density at radius 3 is 3.04 bits per heavy atom. The fourth-order valence-electron chi connectivity index (χ4n) is 2.76. The fourth-order valence-corrected chi connectivity index (χ4v) is 3.42. The number of nitrogens with one attached hydrogen (secondary N) is 1. The highest BCUT2D eigenvalue weighted by Gasteiger charge is 2.10. The van der Waals surface area contributed by atoms with Gasteiger partial charge < -0.3 is 9.72 Å². The van der Waals surface area contributed by atoms with Gasteiger partial charge in [0.1, 0.15) is 0 Å². The normalized spacial score (nSPS) is 11.2. The Kier molecular flexibility index (Phi) is 3.74. The molecule has 4 aromatic rings. The molecule has 1 aromatic carbocycles. The Hall–Kier alpha value is -2.73. The summed E-state index contributed by atoms with van der Waals surface area (Å²) < 4.78 is 3.10. The molecule has 0 saturated heterocycles. The van der Waals surface area contributed by atoms with E-state index in [-0.39, 0.29) is 5.91 Å². The number of carbonyl (C=O) groups is 1. The molecule has 1 amide bonds. The van der Waals surface area contributed by atoms with E-state index in [1.54, 1.807) is 17.5 Å². The summed E-state index contributed by atoms with van der Waals surface area (Å²) in [5.74, 6) is 0.00880. The maximum absolute atomic E-state index is 12.0. The van der Waals surface area contributed by atoms with Crippen molar-refractivity contribution < 1.29 is 4.79 Å². The number of aromatic nitrogens is 3. The number of hydrogen-bond donors (Lipinski definition) is 1. The van der Waals surface area contributed by atoms with E-state index < -0.39 is 0 Å². The van der Waals surface area contributed by atoms with Crippen LogP contribution >= 0.6 is 11.3 Å². The minimum Gasteiger partial charge on any atom is -0.323 e. The number of hydrogen-bond acceptors (Lipinski definition) is 4. The van der Waals surface area contributed by atoms with Gasteiger partial charge in [0.05, 0.1) is 21.4 Å². The van der Waals surface area contributed by atoms with Gasteiger partial charge >= 0.3 is 0 Å². The van der Waals surface area contributed by atoms with Crippen LogP contribution in [0.2, 0.25) is 0 Å². The summed E-state index contributed by atoms with van der Waals surface area (Å²) in [6.07, 6.45) is 6.96. The molecule has 0 aliphatic heterocycles. The summed E-state index contributed by atoms with van der Waals surface area (Å²) in [4.78, 5) is 20.7. The zero-order chi connectivity index (χ0) is 16.5. The molecule has 3 heterocycles. The second-order valence-electron chi connectivity index (χ2n) is 5.63. The monoisotopic (exact) mass is 336 g/mol. The standard InChI is InChI=1S/C18H16N4OS/c1-2-3-17(23)21-15-9-13(10-22-7-6-19-18(15)22)12-4-5-16-14(8-12)20-11-24-16/h4-11H,2-3H2,1H3,(H,21,23). The maximum Gasteiger partial charge on any atom is 0.224 e. The second-order valence-corrected chi connectivity index (χ2v) is 6.52. The number of fused-ring (bicyclic) bond motifs is 2. The average Bonchev–Trinajstić information content (AvgIpc) is 3.23. The first-order valence-electron chi connectivity index (χ1n) is 7.85. The third kappa shape index (κ3) is 2.65. The lowest BCUT2D eigenvalue weighted by molar-refractivity contribution is -0.116. The summed E-state index contributed by atoms with van der Waals surface area (Å²) in [6.45, 7) is 1.99. The van der Waals surface area contributed by atoms with E-state index in [1.807, 2.05) is 35.3 Å². The fraction of sp³-hybridized carbons (Fsp3) is 0.167. The molecule has 0 unspecified atom stereocenters. The summed E-state index contributed by atoms with van der Waals surface area (Å²) in [5, 5.41) is 2.98. The number of benzene rings is 1. The van der Waals surface area contributed by atoms with Crippen molar-refractivity contribution in [3.63, 3.8) is 0 Å². The first kappa shape index (κ1) is 14.8. The molecule has 1 N–H and O–H groups in total. The van der Waals surface area contributed by atoms with Crippen LogP contribution in [0.25, 0.3) is 27.0 Å². The van der Waals surface area contributed by atoms with Gasteiger partial charge in [-0.25, -0.2) is 9.97 Å². The van der Waals surface area contributed by atoms with Crippen molar-refractivity contribution in [3.8, 4) is 11.1 Å². The number of imidazole rings is 1. The van der Waals surface area contributed by atoms with E-state index in [0.717, 1.165) is 34.4 Å². The average molecular weight is 336 g/mol. The zero-order valence-electron chi connectivity index (χ0n) is 13.2. The first-order valence-corrected chi connectivity index (χ1v) is 8.73. The SMILES string of the molecule is CCCC(=O)Nc1cc(-c2ccc3scnc3c2)cn2ccnc12. The molecule has 0 aliphatic rings. The summed E-state index contributed by atoms with van der Waals surface area (Å²) >= 11 is 1.63. The second kappa shape index (κ2) is 6.05. The van der Waals surface area contributed by atoms with Crippen molar-refractivity contribution in [2.75, 3.05) is 5.32 Å². The molecule has 24 heavy (non-hydrogen) atoms. The number of rotatable bonds is 4. The Morgan fingerprint density at radius 1 is 1.25 bits per heavy atom. The molecule has 5 nitrogen and oxygen atoms in total. The molecule has 0 fully saturated rings. The minimum atomic E-state index is 0.00880. The van der Waals surface area contributed by atoms with Gasteiger partial charge in [0.25, 0.3) is 0 Å². The van der Waals surface area contributed by atoms with Crippen LogP contribution in [0, 0.1) is 0 Å². The molecule has 3 aromatic heterocycles. The quantitative estimate of drug-likeness (QED) is 0.603. The molecule has 120 valence electrons. The van der Waals surface area contributed by atoms with E-state index in [4.69, 9.17) is 0 Å². The van der Waals surface area contributed by atoms with Gasteiger partial charge in [-0.2, -0.15) is 0 Å². The van der Waals surface area contributed by atoms with Crippen LogP contribution < -0.4 is 5.32 Å². The Balaban J connectivity index is 1.81. The number of anilines is 1. The molecule has 0 aliphatic carbocycles. The molecule has 6 heteroatoms. The molecule has 4 rings (SSSR count). The van der Waals surface area contributed by atoms with Crippen molar-refractivity contribution >= 4 is 38.8 Å². The Morgan fingerprint density at radius 2 is 2.17 bits per heavy atom. The molecule has 0 spiro atoms. The van der Waals surface area contributed by atoms with Gasteiger partial charge in [-0.1, -0.05) is 13.0 Å². The predicted molar refractivity (Wildman–Crippen MR) is 97.3 cm³/mol. The molecule has 0 bridgehead atoms. The zero-order valence-corrected chi connectivity index (χ0v) is 14.0. The van der Waals surface area contributed by atoms with Crippen LogP contribution in [0.1, 0.15) is 19.8 Å². The lowest BCUT2D eigenvalue weighted by Gasteiger charge is -2.10. The highest BCUT2D eigenvalue weighted by atomic mass is 32.1. The van der Waals surface area contributed by atoms with E-state index >= 15 is 0 Å². The van der Waals surface area contributed by atoms with Gasteiger partial charge in [-0.05, 0) is 30.2 Å². The molecule has 0 saturated carbocycles. The van der Waals surface area contributed by atoms with E-state index in [9.17, 15) is 4.79 Å². The highest BCUT2D eigenvalue weighted by molar-refractivity contribution is 7.16. The van der Waals surface area contributed by atoms with Crippen LogP contribution in [0.3, 0.4) is 0 Å². The summed E-state index contributed by atoms with van der Waals surface area (Å²) in [7, 11) is 0. The van der Waals surface area contributed by atoms with Gasteiger partial charge in [-0.3, -0.25) is 4.79 Å². The largest absolute Gasteiger partial charge is 0.323 e. The lowest BCUT2D eigenvalue weighted by Crippen LogP contribution is -2.11. The van der Waals surface area contributed by atoms with Gasteiger partial charge in [0, 0.05) is 30.6 Å². The number of amides is 1. The number of nitrogens with zero attached hydrogens (tertiary/aromatic N) is 3. The maximum atomic E-state index is 12.0. The minimum absolute atomic E-state index is 0.00880. The molecule has 0 atom stereocenters. The highest BCUT2D eigenvalue weighted by Crippen LogP contribution is 2.29. The van der Waals surface area contributed by atoms with E-state index in [1.165, 1.54) is 4.70 Å². The van der Waals surface area contributed by atoms with Gasteiger partial charge in [0.2, 0.25) is 5.91 Å². The topological polar surface area (TPSA) is 59.3 Å². The van der Waals surface area contributed by atoms with Gasteiger partial charge in [0.15, 0.2) is 5.65 Å². The van der Waals surface area contributed by atoms with Crippen LogP contribution in [0.15, 0.2) is 48.4 Å². The molecule has 0 radical (unpaired) electrons. The molecular weight excluding hydrogens is 320 g/mol. The Bertz CT molecular complexity index is 1030. The van der Waals surface area contributed by atoms with Crippen molar-refractivity contribution in [3.05, 3.63) is 48.4 Å². The third-order valence-electron chi connectivity index (χ3n) is 3.90. The van der Waals surface area contributed by atoms with Crippen molar-refractivity contribution in [1.82, 2.24) is 14.4 Å².